The van der Waals surface area contributed by atoms with E-state index in [2.05, 4.69) is 88.4 Å². The molecule has 212 valence electrons. The molecule has 0 aromatic carbocycles. The van der Waals surface area contributed by atoms with E-state index in [4.69, 9.17) is 29.9 Å². The number of nitrogens with zero attached hydrogens (tertiary/aromatic N) is 1. The van der Waals surface area contributed by atoms with Crippen LogP contribution in [0.4, 0.5) is 0 Å². The molecular formula is C28H56ClNO4Si2. The fourth-order valence-corrected chi connectivity index (χ4v) is 12.3. The van der Waals surface area contributed by atoms with Crippen molar-refractivity contribution >= 4 is 28.2 Å². The number of halogens is 1. The monoisotopic (exact) mass is 561 g/mol. The van der Waals surface area contributed by atoms with Crippen LogP contribution in [0.5, 0.6) is 0 Å². The third-order valence-corrected chi connectivity index (χ3v) is 19.5. The molecule has 0 radical (unpaired) electrons. The first-order valence-electron chi connectivity index (χ1n) is 14.1. The van der Waals surface area contributed by atoms with E-state index in [0.717, 1.165) is 12.8 Å². The summed E-state index contributed by atoms with van der Waals surface area (Å²) in [6.07, 6.45) is 2.64. The third kappa shape index (κ3) is 8.53. The molecule has 0 aromatic rings. The van der Waals surface area contributed by atoms with Gasteiger partial charge in [0.2, 0.25) is 0 Å². The smallest absolute Gasteiger partial charge is 0.259 e. The van der Waals surface area contributed by atoms with Crippen molar-refractivity contribution in [2.45, 2.75) is 148 Å². The summed E-state index contributed by atoms with van der Waals surface area (Å²) in [5.41, 5.74) is 1.61. The van der Waals surface area contributed by atoms with Gasteiger partial charge in [-0.1, -0.05) is 69.2 Å². The molecule has 1 saturated heterocycles. The zero-order valence-corrected chi connectivity index (χ0v) is 28.1. The summed E-state index contributed by atoms with van der Waals surface area (Å²) in [7, 11) is -3.90. The van der Waals surface area contributed by atoms with Gasteiger partial charge in [0.1, 0.15) is 6.07 Å². The Hall–Kier alpha value is 0.0538. The van der Waals surface area contributed by atoms with Crippen molar-refractivity contribution in [2.75, 3.05) is 19.1 Å². The molecule has 5 nitrogen and oxygen atoms in total. The SMILES string of the molecule is CC(C)[Si](OC[C@H](C)[C@@H]1CCC[C@](C#N)(O[C@@H](CCCl)CO[Si](C)(C)C(C)(C)C)O1)(C(C)C)C(C)C. The Morgan fingerprint density at radius 3 is 2.00 bits per heavy atom. The summed E-state index contributed by atoms with van der Waals surface area (Å²) in [4.78, 5) is 0. The summed E-state index contributed by atoms with van der Waals surface area (Å²) in [5.74, 6) is -0.625. The number of alkyl halides is 1. The summed E-state index contributed by atoms with van der Waals surface area (Å²) in [6, 6.07) is 2.38. The predicted octanol–water partition coefficient (Wildman–Crippen LogP) is 8.64. The molecule has 0 N–H and O–H groups in total. The summed E-state index contributed by atoms with van der Waals surface area (Å²) in [6.45, 7) is 28.3. The lowest BCUT2D eigenvalue weighted by atomic mass is 9.94. The topological polar surface area (TPSA) is 60.7 Å². The molecule has 1 fully saturated rings. The van der Waals surface area contributed by atoms with Gasteiger partial charge in [0.15, 0.2) is 16.6 Å². The van der Waals surface area contributed by atoms with Crippen LogP contribution in [0, 0.1) is 17.2 Å². The fourth-order valence-electron chi connectivity index (χ4n) is 5.46. The number of ether oxygens (including phenoxy) is 2. The number of hydrogen-bond acceptors (Lipinski definition) is 5. The van der Waals surface area contributed by atoms with Gasteiger partial charge < -0.3 is 18.3 Å². The highest BCUT2D eigenvalue weighted by Crippen LogP contribution is 2.43. The maximum absolute atomic E-state index is 10.2. The summed E-state index contributed by atoms with van der Waals surface area (Å²) in [5, 5.41) is 10.3. The second kappa shape index (κ2) is 13.9. The van der Waals surface area contributed by atoms with Crippen molar-refractivity contribution in [1.82, 2.24) is 0 Å². The predicted molar refractivity (Wildman–Crippen MR) is 157 cm³/mol. The van der Waals surface area contributed by atoms with Crippen LogP contribution >= 0.6 is 11.6 Å². The Morgan fingerprint density at radius 2 is 1.56 bits per heavy atom. The molecule has 0 amide bonds. The van der Waals surface area contributed by atoms with Crippen molar-refractivity contribution in [1.29, 1.82) is 5.26 Å². The highest BCUT2D eigenvalue weighted by Gasteiger charge is 2.47. The third-order valence-electron chi connectivity index (χ3n) is 8.67. The molecule has 1 rings (SSSR count). The largest absolute Gasteiger partial charge is 0.416 e. The van der Waals surface area contributed by atoms with Crippen molar-refractivity contribution in [2.24, 2.45) is 5.92 Å². The van der Waals surface area contributed by atoms with Crippen molar-refractivity contribution in [3.05, 3.63) is 0 Å². The maximum Gasteiger partial charge on any atom is 0.259 e. The molecule has 8 heteroatoms. The normalized spacial score (nSPS) is 23.8. The quantitative estimate of drug-likeness (QED) is 0.157. The van der Waals surface area contributed by atoms with E-state index in [-0.39, 0.29) is 23.2 Å². The second-order valence-corrected chi connectivity index (χ2v) is 24.0. The van der Waals surface area contributed by atoms with Crippen LogP contribution in [-0.4, -0.2) is 53.7 Å². The molecule has 0 aliphatic carbocycles. The molecule has 0 aromatic heterocycles. The first kappa shape index (κ1) is 34.1. The van der Waals surface area contributed by atoms with Crippen LogP contribution in [0.2, 0.25) is 34.8 Å². The molecule has 1 aliphatic heterocycles. The molecule has 4 atom stereocenters. The van der Waals surface area contributed by atoms with E-state index in [1.54, 1.807) is 0 Å². The standard InChI is InChI=1S/C28H56ClNO4Si2/c1-21(2)36(22(3)4,23(5)6)32-18-24(7)26-14-13-16-28(20-30,34-26)33-25(15-17-29)19-31-35(11,12)27(8,9)10/h21-26H,13-19H2,1-12H3/t24-,25-,26-,28-/m0/s1. The van der Waals surface area contributed by atoms with E-state index in [9.17, 15) is 5.26 Å². The maximum atomic E-state index is 10.2. The van der Waals surface area contributed by atoms with Crippen LogP contribution in [0.25, 0.3) is 0 Å². The van der Waals surface area contributed by atoms with Gasteiger partial charge in [0.05, 0.1) is 18.8 Å². The van der Waals surface area contributed by atoms with Crippen molar-refractivity contribution < 1.29 is 18.3 Å². The van der Waals surface area contributed by atoms with E-state index in [0.29, 0.717) is 48.6 Å². The van der Waals surface area contributed by atoms with Gasteiger partial charge in [-0.3, -0.25) is 0 Å². The van der Waals surface area contributed by atoms with E-state index in [1.165, 1.54) is 0 Å². The Kier molecular flexibility index (Phi) is 13.2. The lowest BCUT2D eigenvalue weighted by molar-refractivity contribution is -0.275. The van der Waals surface area contributed by atoms with Crippen molar-refractivity contribution in [3.63, 3.8) is 0 Å². The Balaban J connectivity index is 2.95. The number of rotatable bonds is 14. The lowest BCUT2D eigenvalue weighted by Crippen LogP contribution is -2.51. The van der Waals surface area contributed by atoms with Crippen LogP contribution in [-0.2, 0) is 18.3 Å². The summed E-state index contributed by atoms with van der Waals surface area (Å²) >= 11 is 6.12. The minimum absolute atomic E-state index is 0.0745. The first-order chi connectivity index (χ1) is 16.5. The average molecular weight is 562 g/mol. The van der Waals surface area contributed by atoms with Crippen LogP contribution in [0.1, 0.15) is 94.9 Å². The molecule has 0 spiro atoms. The minimum Gasteiger partial charge on any atom is -0.416 e. The molecule has 36 heavy (non-hydrogen) atoms. The zero-order chi connectivity index (χ0) is 27.9. The number of nitriles is 1. The molecule has 0 saturated carbocycles. The van der Waals surface area contributed by atoms with Gasteiger partial charge in [0, 0.05) is 24.8 Å². The highest BCUT2D eigenvalue weighted by atomic mass is 35.5. The van der Waals surface area contributed by atoms with E-state index in [1.807, 2.05) is 0 Å². The first-order valence-corrected chi connectivity index (χ1v) is 19.7. The second-order valence-electron chi connectivity index (χ2n) is 13.3. The molecule has 1 heterocycles. The van der Waals surface area contributed by atoms with Crippen LogP contribution in [0.3, 0.4) is 0 Å². The molecule has 0 bridgehead atoms. The Labute approximate surface area is 230 Å². The van der Waals surface area contributed by atoms with E-state index >= 15 is 0 Å². The minimum atomic E-state index is -1.96. The van der Waals surface area contributed by atoms with Crippen LogP contribution < -0.4 is 0 Å². The van der Waals surface area contributed by atoms with Gasteiger partial charge in [-0.25, -0.2) is 0 Å². The average Bonchev–Trinajstić information content (AvgIpc) is 2.76. The summed E-state index contributed by atoms with van der Waals surface area (Å²) < 4.78 is 26.2. The van der Waals surface area contributed by atoms with Gasteiger partial charge in [-0.2, -0.15) is 5.26 Å². The van der Waals surface area contributed by atoms with Gasteiger partial charge >= 0.3 is 0 Å². The Morgan fingerprint density at radius 1 is 1.00 bits per heavy atom. The van der Waals surface area contributed by atoms with Gasteiger partial charge in [-0.05, 0) is 54.0 Å². The lowest BCUT2D eigenvalue weighted by Gasteiger charge is -2.44. The highest BCUT2D eigenvalue weighted by molar-refractivity contribution is 6.77. The molecular weight excluding hydrogens is 506 g/mol. The van der Waals surface area contributed by atoms with Crippen molar-refractivity contribution in [3.8, 4) is 6.07 Å². The van der Waals surface area contributed by atoms with Crippen LogP contribution in [0.15, 0.2) is 0 Å². The van der Waals surface area contributed by atoms with E-state index < -0.39 is 22.4 Å². The number of hydrogen-bond donors (Lipinski definition) is 0. The molecule has 1 aliphatic rings. The zero-order valence-electron chi connectivity index (χ0n) is 25.4. The van der Waals surface area contributed by atoms with Gasteiger partial charge in [-0.15, -0.1) is 11.6 Å². The Bertz CT molecular complexity index is 683. The molecule has 0 unspecified atom stereocenters. The fraction of sp³-hybridized carbons (Fsp3) is 0.964. The van der Waals surface area contributed by atoms with Gasteiger partial charge in [0.25, 0.3) is 5.79 Å².